The monoisotopic (exact) mass is 390 g/mol. The molecule has 2 aromatic carbocycles. The van der Waals surface area contributed by atoms with Gasteiger partial charge in [-0.1, -0.05) is 18.2 Å². The summed E-state index contributed by atoms with van der Waals surface area (Å²) in [5.41, 5.74) is 3.02. The number of carbonyl (C=O) groups excluding carboxylic acids is 2. The van der Waals surface area contributed by atoms with Crippen LogP contribution in [0.15, 0.2) is 67.0 Å². The third kappa shape index (κ3) is 4.70. The molecule has 148 valence electrons. The summed E-state index contributed by atoms with van der Waals surface area (Å²) in [6.45, 7) is 2.29. The number of ether oxygens (including phenoxy) is 1. The summed E-state index contributed by atoms with van der Waals surface area (Å²) in [7, 11) is 0. The molecule has 0 aliphatic carbocycles. The number of hydrogen-bond donors (Lipinski definition) is 1. The van der Waals surface area contributed by atoms with Crippen LogP contribution >= 0.6 is 0 Å². The smallest absolute Gasteiger partial charge is 0.254 e. The van der Waals surface area contributed by atoms with Crippen molar-refractivity contribution >= 4 is 17.5 Å². The first-order valence-corrected chi connectivity index (χ1v) is 9.55. The Labute approximate surface area is 168 Å². The molecular weight excluding hydrogens is 368 g/mol. The third-order valence-corrected chi connectivity index (χ3v) is 4.76. The van der Waals surface area contributed by atoms with Crippen LogP contribution < -0.4 is 5.32 Å². The quantitative estimate of drug-likeness (QED) is 0.726. The van der Waals surface area contributed by atoms with Crippen LogP contribution in [0.4, 0.5) is 5.69 Å². The second kappa shape index (κ2) is 8.70. The van der Waals surface area contributed by atoms with Crippen molar-refractivity contribution in [1.82, 2.24) is 14.7 Å². The van der Waals surface area contributed by atoms with E-state index in [0.717, 1.165) is 11.3 Å². The molecule has 1 fully saturated rings. The van der Waals surface area contributed by atoms with Gasteiger partial charge in [0.1, 0.15) is 0 Å². The molecule has 0 bridgehead atoms. The highest BCUT2D eigenvalue weighted by atomic mass is 16.5. The van der Waals surface area contributed by atoms with Gasteiger partial charge in [0.25, 0.3) is 5.91 Å². The van der Waals surface area contributed by atoms with Crippen molar-refractivity contribution in [3.63, 3.8) is 0 Å². The van der Waals surface area contributed by atoms with E-state index in [9.17, 15) is 9.59 Å². The van der Waals surface area contributed by atoms with Crippen LogP contribution in [0.1, 0.15) is 15.9 Å². The lowest BCUT2D eigenvalue weighted by atomic mass is 10.1. The molecule has 0 saturated carbocycles. The molecule has 4 rings (SSSR count). The number of nitrogens with zero attached hydrogens (tertiary/aromatic N) is 3. The Bertz CT molecular complexity index is 978. The molecule has 7 heteroatoms. The lowest BCUT2D eigenvalue weighted by Crippen LogP contribution is -2.40. The van der Waals surface area contributed by atoms with Crippen LogP contribution in [0.5, 0.6) is 0 Å². The molecule has 2 amide bonds. The van der Waals surface area contributed by atoms with Crippen molar-refractivity contribution in [2.45, 2.75) is 6.42 Å². The largest absolute Gasteiger partial charge is 0.378 e. The van der Waals surface area contributed by atoms with Gasteiger partial charge in [-0.2, -0.15) is 5.10 Å². The Kier molecular flexibility index (Phi) is 5.67. The van der Waals surface area contributed by atoms with Gasteiger partial charge in [0, 0.05) is 36.7 Å². The highest BCUT2D eigenvalue weighted by molar-refractivity contribution is 5.97. The topological polar surface area (TPSA) is 76.5 Å². The second-order valence-corrected chi connectivity index (χ2v) is 6.83. The molecule has 0 atom stereocenters. The Morgan fingerprint density at radius 2 is 1.83 bits per heavy atom. The van der Waals surface area contributed by atoms with Crippen molar-refractivity contribution in [1.29, 1.82) is 0 Å². The van der Waals surface area contributed by atoms with Crippen LogP contribution in [-0.4, -0.2) is 52.8 Å². The number of carbonyl (C=O) groups is 2. The average molecular weight is 390 g/mol. The predicted molar refractivity (Wildman–Crippen MR) is 109 cm³/mol. The standard InChI is InChI=1S/C22H22N4O3/c27-21(15-17-5-7-20(8-6-17)26-10-2-9-23-26)24-19-4-1-3-18(16-19)22(28)25-11-13-29-14-12-25/h1-10,16H,11-15H2,(H,24,27). The van der Waals surface area contributed by atoms with E-state index >= 15 is 0 Å². The molecule has 29 heavy (non-hydrogen) atoms. The van der Waals surface area contributed by atoms with Gasteiger partial charge in [0.2, 0.25) is 5.91 Å². The molecule has 7 nitrogen and oxygen atoms in total. The number of rotatable bonds is 5. The first kappa shape index (κ1) is 18.9. The van der Waals surface area contributed by atoms with Gasteiger partial charge in [0.15, 0.2) is 0 Å². The molecule has 1 N–H and O–H groups in total. The summed E-state index contributed by atoms with van der Waals surface area (Å²) < 4.78 is 7.06. The Morgan fingerprint density at radius 3 is 2.55 bits per heavy atom. The van der Waals surface area contributed by atoms with E-state index in [4.69, 9.17) is 4.74 Å². The summed E-state index contributed by atoms with van der Waals surface area (Å²) >= 11 is 0. The van der Waals surface area contributed by atoms with Crippen LogP contribution in [0.3, 0.4) is 0 Å². The Balaban J connectivity index is 1.37. The summed E-state index contributed by atoms with van der Waals surface area (Å²) in [5.74, 6) is -0.175. The molecule has 3 aromatic rings. The normalized spacial score (nSPS) is 13.9. The van der Waals surface area contributed by atoms with Crippen LogP contribution in [0.2, 0.25) is 0 Å². The van der Waals surface area contributed by atoms with E-state index in [0.29, 0.717) is 37.6 Å². The minimum atomic E-state index is -0.132. The van der Waals surface area contributed by atoms with Crippen molar-refractivity contribution < 1.29 is 14.3 Å². The fraction of sp³-hybridized carbons (Fsp3) is 0.227. The van der Waals surface area contributed by atoms with E-state index < -0.39 is 0 Å². The maximum absolute atomic E-state index is 12.6. The zero-order valence-electron chi connectivity index (χ0n) is 16.0. The zero-order chi connectivity index (χ0) is 20.1. The first-order chi connectivity index (χ1) is 14.2. The van der Waals surface area contributed by atoms with E-state index in [1.807, 2.05) is 36.5 Å². The lowest BCUT2D eigenvalue weighted by Gasteiger charge is -2.27. The van der Waals surface area contributed by atoms with E-state index in [1.165, 1.54) is 0 Å². The van der Waals surface area contributed by atoms with Gasteiger partial charge in [-0.15, -0.1) is 0 Å². The number of anilines is 1. The molecule has 2 heterocycles. The SMILES string of the molecule is O=C(Cc1ccc(-n2cccn2)cc1)Nc1cccc(C(=O)N2CCOCC2)c1. The van der Waals surface area contributed by atoms with Gasteiger partial charge >= 0.3 is 0 Å². The summed E-state index contributed by atoms with van der Waals surface area (Å²) in [5, 5.41) is 7.07. The number of nitrogens with one attached hydrogen (secondary N) is 1. The minimum absolute atomic E-state index is 0.0430. The van der Waals surface area contributed by atoms with Crippen molar-refractivity contribution in [2.24, 2.45) is 0 Å². The fourth-order valence-corrected chi connectivity index (χ4v) is 3.26. The maximum atomic E-state index is 12.6. The van der Waals surface area contributed by atoms with Gasteiger partial charge in [-0.3, -0.25) is 9.59 Å². The van der Waals surface area contributed by atoms with Crippen molar-refractivity contribution in [3.8, 4) is 5.69 Å². The van der Waals surface area contributed by atoms with Gasteiger partial charge in [-0.05, 0) is 42.0 Å². The van der Waals surface area contributed by atoms with Crippen LogP contribution in [0, 0.1) is 0 Å². The number of hydrogen-bond acceptors (Lipinski definition) is 4. The van der Waals surface area contributed by atoms with Crippen LogP contribution in [0.25, 0.3) is 5.69 Å². The molecule has 1 aliphatic rings. The average Bonchev–Trinajstić information content (AvgIpc) is 3.29. The van der Waals surface area contributed by atoms with Gasteiger partial charge in [-0.25, -0.2) is 4.68 Å². The van der Waals surface area contributed by atoms with Crippen LogP contribution in [-0.2, 0) is 16.0 Å². The predicted octanol–water partition coefficient (Wildman–Crippen LogP) is 2.53. The van der Waals surface area contributed by atoms with Gasteiger partial charge in [0.05, 0.1) is 25.3 Å². The minimum Gasteiger partial charge on any atom is -0.378 e. The molecule has 1 aromatic heterocycles. The van der Waals surface area contributed by atoms with Crippen molar-refractivity contribution in [2.75, 3.05) is 31.6 Å². The summed E-state index contributed by atoms with van der Waals surface area (Å²) in [6, 6.07) is 16.6. The first-order valence-electron chi connectivity index (χ1n) is 9.55. The summed E-state index contributed by atoms with van der Waals surface area (Å²) in [6.07, 6.45) is 3.84. The fourth-order valence-electron chi connectivity index (χ4n) is 3.26. The molecule has 0 spiro atoms. The molecular formula is C22H22N4O3. The number of morpholine rings is 1. The zero-order valence-corrected chi connectivity index (χ0v) is 16.0. The number of benzene rings is 2. The van der Waals surface area contributed by atoms with Crippen molar-refractivity contribution in [3.05, 3.63) is 78.1 Å². The number of amides is 2. The lowest BCUT2D eigenvalue weighted by molar-refractivity contribution is -0.115. The Morgan fingerprint density at radius 1 is 1.03 bits per heavy atom. The molecule has 0 radical (unpaired) electrons. The number of aromatic nitrogens is 2. The second-order valence-electron chi connectivity index (χ2n) is 6.83. The highest BCUT2D eigenvalue weighted by Gasteiger charge is 2.18. The van der Waals surface area contributed by atoms with E-state index in [-0.39, 0.29) is 18.2 Å². The summed E-state index contributed by atoms with van der Waals surface area (Å²) in [4.78, 5) is 26.8. The molecule has 0 unspecified atom stereocenters. The van der Waals surface area contributed by atoms with E-state index in [2.05, 4.69) is 10.4 Å². The maximum Gasteiger partial charge on any atom is 0.254 e. The molecule has 1 aliphatic heterocycles. The Hall–Kier alpha value is -3.45. The highest BCUT2D eigenvalue weighted by Crippen LogP contribution is 2.15. The third-order valence-electron chi connectivity index (χ3n) is 4.76. The van der Waals surface area contributed by atoms with E-state index in [1.54, 1.807) is 40.0 Å². The van der Waals surface area contributed by atoms with Gasteiger partial charge < -0.3 is 15.0 Å². The molecule has 1 saturated heterocycles.